The number of rotatable bonds is 1. The molecular formula is C6H12N2O. The van der Waals surface area contributed by atoms with E-state index in [2.05, 4.69) is 5.43 Å². The van der Waals surface area contributed by atoms with Crippen LogP contribution in [0.1, 0.15) is 13.3 Å². The number of hydrazine groups is 1. The minimum absolute atomic E-state index is 0.116. The number of carbonyl (C=O) groups excluding carboxylic acids is 1. The fraction of sp³-hybridized carbons (Fsp3) is 0.833. The zero-order valence-electron chi connectivity index (χ0n) is 5.85. The summed E-state index contributed by atoms with van der Waals surface area (Å²) in [4.78, 5) is 10.8. The van der Waals surface area contributed by atoms with Crippen molar-refractivity contribution in [2.75, 3.05) is 13.6 Å². The summed E-state index contributed by atoms with van der Waals surface area (Å²) in [6.07, 6.45) is 0.950. The monoisotopic (exact) mass is 128 g/mol. The predicted octanol–water partition coefficient (Wildman–Crippen LogP) is -0.216. The van der Waals surface area contributed by atoms with Gasteiger partial charge < -0.3 is 0 Å². The molecule has 1 heterocycles. The van der Waals surface area contributed by atoms with E-state index in [0.29, 0.717) is 0 Å². The first kappa shape index (κ1) is 6.71. The number of likely N-dealkylation sites (N-methyl/N-ethyl adjacent to an activating group) is 1. The van der Waals surface area contributed by atoms with Gasteiger partial charge in [-0.1, -0.05) is 0 Å². The van der Waals surface area contributed by atoms with Gasteiger partial charge in [-0.25, -0.2) is 5.01 Å². The van der Waals surface area contributed by atoms with Gasteiger partial charge in [0, 0.05) is 13.6 Å². The second-order valence-electron chi connectivity index (χ2n) is 2.43. The maximum absolute atomic E-state index is 10.8. The standard InChI is InChI=1S/C6H12N2O/c1-5(9)6-3-4-7-8(6)2/h6-7H,3-4H2,1-2H3. The van der Waals surface area contributed by atoms with Gasteiger partial charge in [-0.3, -0.25) is 10.2 Å². The van der Waals surface area contributed by atoms with Crippen molar-refractivity contribution >= 4 is 5.78 Å². The van der Waals surface area contributed by atoms with Crippen molar-refractivity contribution in [3.63, 3.8) is 0 Å². The summed E-state index contributed by atoms with van der Waals surface area (Å²) in [6, 6.07) is 0.116. The Morgan fingerprint density at radius 3 is 2.67 bits per heavy atom. The van der Waals surface area contributed by atoms with Crippen LogP contribution < -0.4 is 5.43 Å². The third kappa shape index (κ3) is 1.28. The number of Topliss-reactive ketones (excluding diaryl/α,β-unsaturated/α-hetero) is 1. The van der Waals surface area contributed by atoms with E-state index in [0.717, 1.165) is 13.0 Å². The summed E-state index contributed by atoms with van der Waals surface area (Å²) in [6.45, 7) is 2.56. The lowest BCUT2D eigenvalue weighted by Crippen LogP contribution is -2.36. The third-order valence-electron chi connectivity index (χ3n) is 1.72. The van der Waals surface area contributed by atoms with E-state index in [9.17, 15) is 4.79 Å². The Balaban J connectivity index is 2.49. The molecule has 52 valence electrons. The first-order chi connectivity index (χ1) is 4.22. The van der Waals surface area contributed by atoms with E-state index in [1.165, 1.54) is 0 Å². The molecule has 3 heteroatoms. The molecular weight excluding hydrogens is 116 g/mol. The first-order valence-corrected chi connectivity index (χ1v) is 3.18. The molecule has 0 aromatic carbocycles. The molecule has 0 bridgehead atoms. The molecule has 0 aromatic heterocycles. The van der Waals surface area contributed by atoms with Crippen LogP contribution in [-0.4, -0.2) is 30.4 Å². The summed E-state index contributed by atoms with van der Waals surface area (Å²) >= 11 is 0. The fourth-order valence-electron chi connectivity index (χ4n) is 1.16. The first-order valence-electron chi connectivity index (χ1n) is 3.18. The quantitative estimate of drug-likeness (QED) is 0.530. The second-order valence-corrected chi connectivity index (χ2v) is 2.43. The van der Waals surface area contributed by atoms with Crippen LogP contribution in [0.25, 0.3) is 0 Å². The molecule has 0 amide bonds. The number of carbonyl (C=O) groups is 1. The zero-order chi connectivity index (χ0) is 6.85. The molecule has 0 spiro atoms. The summed E-state index contributed by atoms with van der Waals surface area (Å²) in [5.74, 6) is 0.252. The van der Waals surface area contributed by atoms with Crippen LogP contribution in [-0.2, 0) is 4.79 Å². The number of nitrogens with zero attached hydrogens (tertiary/aromatic N) is 1. The van der Waals surface area contributed by atoms with Crippen molar-refractivity contribution in [3.8, 4) is 0 Å². The van der Waals surface area contributed by atoms with Gasteiger partial charge in [0.1, 0.15) is 5.78 Å². The van der Waals surface area contributed by atoms with E-state index in [-0.39, 0.29) is 11.8 Å². The van der Waals surface area contributed by atoms with Crippen LogP contribution in [0.2, 0.25) is 0 Å². The molecule has 3 nitrogen and oxygen atoms in total. The Bertz CT molecular complexity index is 124. The van der Waals surface area contributed by atoms with E-state index < -0.39 is 0 Å². The van der Waals surface area contributed by atoms with Gasteiger partial charge in [-0.15, -0.1) is 0 Å². The highest BCUT2D eigenvalue weighted by Gasteiger charge is 2.23. The highest BCUT2D eigenvalue weighted by Crippen LogP contribution is 2.05. The highest BCUT2D eigenvalue weighted by molar-refractivity contribution is 5.81. The summed E-state index contributed by atoms with van der Waals surface area (Å²) < 4.78 is 0. The normalized spacial score (nSPS) is 28.9. The number of ketones is 1. The highest BCUT2D eigenvalue weighted by atomic mass is 16.1. The molecule has 1 rings (SSSR count). The van der Waals surface area contributed by atoms with Crippen LogP contribution >= 0.6 is 0 Å². The molecule has 9 heavy (non-hydrogen) atoms. The number of hydrogen-bond donors (Lipinski definition) is 1. The summed E-state index contributed by atoms with van der Waals surface area (Å²) in [7, 11) is 1.90. The summed E-state index contributed by atoms with van der Waals surface area (Å²) in [5, 5.41) is 1.88. The smallest absolute Gasteiger partial charge is 0.148 e. The molecule has 1 N–H and O–H groups in total. The zero-order valence-corrected chi connectivity index (χ0v) is 5.85. The van der Waals surface area contributed by atoms with Gasteiger partial charge in [-0.2, -0.15) is 0 Å². The molecule has 1 fully saturated rings. The molecule has 0 saturated carbocycles. The van der Waals surface area contributed by atoms with Crippen molar-refractivity contribution < 1.29 is 4.79 Å². The van der Waals surface area contributed by atoms with Gasteiger partial charge in [0.25, 0.3) is 0 Å². The molecule has 1 unspecified atom stereocenters. The average Bonchev–Trinajstić information content (AvgIpc) is 2.13. The Kier molecular flexibility index (Phi) is 1.83. The lowest BCUT2D eigenvalue weighted by atomic mass is 10.1. The Morgan fingerprint density at radius 2 is 2.44 bits per heavy atom. The molecule has 0 radical (unpaired) electrons. The Hall–Kier alpha value is -0.410. The number of nitrogens with one attached hydrogen (secondary N) is 1. The summed E-state index contributed by atoms with van der Waals surface area (Å²) in [5.41, 5.74) is 3.06. The lowest BCUT2D eigenvalue weighted by Gasteiger charge is -2.14. The van der Waals surface area contributed by atoms with Crippen LogP contribution in [0.4, 0.5) is 0 Å². The van der Waals surface area contributed by atoms with Crippen molar-refractivity contribution in [3.05, 3.63) is 0 Å². The molecule has 1 atom stereocenters. The van der Waals surface area contributed by atoms with Crippen LogP contribution in [0.3, 0.4) is 0 Å². The van der Waals surface area contributed by atoms with E-state index in [4.69, 9.17) is 0 Å². The van der Waals surface area contributed by atoms with Crippen LogP contribution in [0.5, 0.6) is 0 Å². The lowest BCUT2D eigenvalue weighted by molar-refractivity contribution is -0.121. The fourth-order valence-corrected chi connectivity index (χ4v) is 1.16. The van der Waals surface area contributed by atoms with Crippen molar-refractivity contribution in [1.29, 1.82) is 0 Å². The maximum Gasteiger partial charge on any atom is 0.148 e. The topological polar surface area (TPSA) is 32.3 Å². The van der Waals surface area contributed by atoms with Gasteiger partial charge >= 0.3 is 0 Å². The van der Waals surface area contributed by atoms with Crippen molar-refractivity contribution in [1.82, 2.24) is 10.4 Å². The van der Waals surface area contributed by atoms with Gasteiger partial charge in [0.2, 0.25) is 0 Å². The average molecular weight is 128 g/mol. The predicted molar refractivity (Wildman–Crippen MR) is 34.9 cm³/mol. The minimum atomic E-state index is 0.116. The SMILES string of the molecule is CC(=O)C1CCNN1C. The van der Waals surface area contributed by atoms with Crippen LogP contribution in [0, 0.1) is 0 Å². The minimum Gasteiger partial charge on any atom is -0.298 e. The maximum atomic E-state index is 10.8. The Morgan fingerprint density at radius 1 is 1.78 bits per heavy atom. The Labute approximate surface area is 55.0 Å². The van der Waals surface area contributed by atoms with Crippen LogP contribution in [0.15, 0.2) is 0 Å². The molecule has 1 aliphatic rings. The number of hydrogen-bond acceptors (Lipinski definition) is 3. The molecule has 1 saturated heterocycles. The van der Waals surface area contributed by atoms with E-state index in [1.54, 1.807) is 6.92 Å². The second kappa shape index (κ2) is 2.45. The van der Waals surface area contributed by atoms with Gasteiger partial charge in [0.05, 0.1) is 6.04 Å². The van der Waals surface area contributed by atoms with Crippen molar-refractivity contribution in [2.24, 2.45) is 0 Å². The largest absolute Gasteiger partial charge is 0.298 e. The third-order valence-corrected chi connectivity index (χ3v) is 1.72. The van der Waals surface area contributed by atoms with Crippen molar-refractivity contribution in [2.45, 2.75) is 19.4 Å². The van der Waals surface area contributed by atoms with Gasteiger partial charge in [-0.05, 0) is 13.3 Å². The molecule has 1 aliphatic heterocycles. The van der Waals surface area contributed by atoms with Gasteiger partial charge in [0.15, 0.2) is 0 Å². The molecule has 0 aromatic rings. The van der Waals surface area contributed by atoms with E-state index in [1.807, 2.05) is 12.1 Å². The molecule has 0 aliphatic carbocycles. The van der Waals surface area contributed by atoms with E-state index >= 15 is 0 Å².